The van der Waals surface area contributed by atoms with Crippen LogP contribution in [0.5, 0.6) is 0 Å². The van der Waals surface area contributed by atoms with Gasteiger partial charge in [0.1, 0.15) is 5.82 Å². The molecule has 2 heterocycles. The number of aliphatic hydroxyl groups is 1. The van der Waals surface area contributed by atoms with Crippen LogP contribution in [0.2, 0.25) is 0 Å². The number of benzene rings is 2. The van der Waals surface area contributed by atoms with Gasteiger partial charge in [0.15, 0.2) is 0 Å². The van der Waals surface area contributed by atoms with Crippen LogP contribution in [-0.4, -0.2) is 35.2 Å². The summed E-state index contributed by atoms with van der Waals surface area (Å²) in [6.07, 6.45) is 0.788. The van der Waals surface area contributed by atoms with E-state index in [2.05, 4.69) is 11.8 Å². The van der Waals surface area contributed by atoms with Gasteiger partial charge in [0.2, 0.25) is 0 Å². The molecule has 0 amide bonds. The van der Waals surface area contributed by atoms with Crippen LogP contribution in [0.25, 0.3) is 5.57 Å². The zero-order valence-electron chi connectivity index (χ0n) is 19.2. The Morgan fingerprint density at radius 1 is 0.941 bits per heavy atom. The van der Waals surface area contributed by atoms with E-state index in [9.17, 15) is 22.7 Å². The summed E-state index contributed by atoms with van der Waals surface area (Å²) in [6, 6.07) is 8.91. The molecule has 2 aliphatic heterocycles. The highest BCUT2D eigenvalue weighted by Crippen LogP contribution is 2.49. The molecule has 34 heavy (non-hydrogen) atoms. The molecule has 2 fully saturated rings. The van der Waals surface area contributed by atoms with Crippen molar-refractivity contribution in [3.05, 3.63) is 64.5 Å². The van der Waals surface area contributed by atoms with E-state index in [0.29, 0.717) is 17.5 Å². The van der Waals surface area contributed by atoms with Crippen LogP contribution in [-0.2, 0) is 6.18 Å². The van der Waals surface area contributed by atoms with E-state index < -0.39 is 11.7 Å². The van der Waals surface area contributed by atoms with Gasteiger partial charge in [-0.15, -0.1) is 0 Å². The van der Waals surface area contributed by atoms with E-state index in [1.807, 2.05) is 0 Å². The van der Waals surface area contributed by atoms with Gasteiger partial charge in [0, 0.05) is 28.9 Å². The number of nitrogens with zero attached hydrogens (tertiary/aromatic N) is 1. The van der Waals surface area contributed by atoms with Crippen molar-refractivity contribution in [2.24, 2.45) is 5.92 Å². The van der Waals surface area contributed by atoms with Gasteiger partial charge in [0.25, 0.3) is 0 Å². The van der Waals surface area contributed by atoms with Crippen LogP contribution in [0.1, 0.15) is 62.1 Å². The van der Waals surface area contributed by atoms with Gasteiger partial charge >= 0.3 is 6.18 Å². The Balaban J connectivity index is 1.46. The largest absolute Gasteiger partial charge is 0.416 e. The highest BCUT2D eigenvalue weighted by molar-refractivity contribution is 7.99. The second-order valence-electron chi connectivity index (χ2n) is 9.77. The molecule has 3 aliphatic rings. The minimum atomic E-state index is -4.41. The van der Waals surface area contributed by atoms with Crippen LogP contribution in [0.4, 0.5) is 17.6 Å². The number of alkyl halides is 3. The molecule has 2 aromatic rings. The zero-order valence-corrected chi connectivity index (χ0v) is 20.0. The molecule has 1 aliphatic carbocycles. The predicted octanol–water partition coefficient (Wildman–Crippen LogP) is 7.15. The maximum atomic E-state index is 14.0. The molecule has 1 saturated heterocycles. The average Bonchev–Trinajstić information content (AvgIpc) is 2.82. The van der Waals surface area contributed by atoms with Crippen molar-refractivity contribution in [1.29, 1.82) is 0 Å². The van der Waals surface area contributed by atoms with Crippen LogP contribution in [0, 0.1) is 11.7 Å². The number of hydrogen-bond acceptors (Lipinski definition) is 3. The molecule has 7 heteroatoms. The first-order chi connectivity index (χ1) is 16.2. The second-order valence-corrected chi connectivity index (χ2v) is 10.9. The Bertz CT molecular complexity index is 1090. The number of halogens is 4. The first kappa shape index (κ1) is 23.9. The van der Waals surface area contributed by atoms with E-state index in [0.717, 1.165) is 84.2 Å². The van der Waals surface area contributed by atoms with E-state index in [1.165, 1.54) is 36.0 Å². The fraction of sp³-hybridized carbons (Fsp3) is 0.481. The standard InChI is InChI=1S/C27H29F4NOS/c1-16(17-2-6-21(33)7-3-17)32-12-10-18(11-13-32)26-22-8-5-20(28)15-25(22)34-24-9-4-19(14-23(24)26)27(29,30)31/h4-5,8-9,14-17,21,33H,2-3,6-7,10-13H2,1H3. The number of aliphatic hydroxyl groups excluding tert-OH is 1. The van der Waals surface area contributed by atoms with Gasteiger partial charge in [-0.05, 0) is 98.4 Å². The number of fused-ring (bicyclic) bond motifs is 2. The summed E-state index contributed by atoms with van der Waals surface area (Å²) in [5.74, 6) is 0.231. The van der Waals surface area contributed by atoms with Crippen molar-refractivity contribution in [2.75, 3.05) is 13.1 Å². The lowest BCUT2D eigenvalue weighted by molar-refractivity contribution is -0.137. The third kappa shape index (κ3) is 4.67. The normalized spacial score (nSPS) is 24.5. The number of likely N-dealkylation sites (tertiary alicyclic amines) is 1. The Morgan fingerprint density at radius 3 is 2.32 bits per heavy atom. The molecule has 182 valence electrons. The van der Waals surface area contributed by atoms with Crippen molar-refractivity contribution in [1.82, 2.24) is 4.90 Å². The van der Waals surface area contributed by atoms with E-state index in [-0.39, 0.29) is 11.9 Å². The minimum absolute atomic E-state index is 0.170. The van der Waals surface area contributed by atoms with Crippen molar-refractivity contribution < 1.29 is 22.7 Å². The molecule has 0 aromatic heterocycles. The van der Waals surface area contributed by atoms with Gasteiger partial charge in [-0.3, -0.25) is 4.90 Å². The number of piperidine rings is 1. The molecule has 1 unspecified atom stereocenters. The summed E-state index contributed by atoms with van der Waals surface area (Å²) in [6.45, 7) is 3.98. The van der Waals surface area contributed by atoms with Crippen molar-refractivity contribution in [3.63, 3.8) is 0 Å². The Kier molecular flexibility index (Phi) is 6.55. The first-order valence-corrected chi connectivity index (χ1v) is 12.9. The summed E-state index contributed by atoms with van der Waals surface area (Å²) in [5.41, 5.74) is 2.79. The SMILES string of the molecule is CC(C1CCC(O)CC1)N1CCC(=C2c3ccc(F)cc3Sc3ccc(C(F)(F)F)cc32)CC1. The van der Waals surface area contributed by atoms with Crippen LogP contribution < -0.4 is 0 Å². The zero-order chi connectivity index (χ0) is 24.0. The minimum Gasteiger partial charge on any atom is -0.393 e. The maximum absolute atomic E-state index is 14.0. The molecular formula is C27H29F4NOS. The molecule has 2 aromatic carbocycles. The molecule has 5 rings (SSSR count). The van der Waals surface area contributed by atoms with Crippen LogP contribution in [0.3, 0.4) is 0 Å². The van der Waals surface area contributed by atoms with Gasteiger partial charge < -0.3 is 5.11 Å². The maximum Gasteiger partial charge on any atom is 0.416 e. The molecule has 0 radical (unpaired) electrons. The smallest absolute Gasteiger partial charge is 0.393 e. The van der Waals surface area contributed by atoms with E-state index in [4.69, 9.17) is 0 Å². The first-order valence-electron chi connectivity index (χ1n) is 12.0. The van der Waals surface area contributed by atoms with Gasteiger partial charge in [-0.1, -0.05) is 23.4 Å². The molecule has 1 atom stereocenters. The van der Waals surface area contributed by atoms with Gasteiger partial charge in [-0.25, -0.2) is 4.39 Å². The number of hydrogen-bond donors (Lipinski definition) is 1. The molecule has 2 nitrogen and oxygen atoms in total. The Labute approximate surface area is 202 Å². The highest BCUT2D eigenvalue weighted by atomic mass is 32.2. The molecule has 0 bridgehead atoms. The molecule has 1 saturated carbocycles. The summed E-state index contributed by atoms with van der Waals surface area (Å²) < 4.78 is 54.6. The van der Waals surface area contributed by atoms with Gasteiger partial charge in [0.05, 0.1) is 11.7 Å². The van der Waals surface area contributed by atoms with E-state index >= 15 is 0 Å². The molecule has 0 spiro atoms. The quantitative estimate of drug-likeness (QED) is 0.385. The summed E-state index contributed by atoms with van der Waals surface area (Å²) >= 11 is 1.34. The monoisotopic (exact) mass is 491 g/mol. The van der Waals surface area contributed by atoms with E-state index in [1.54, 1.807) is 6.07 Å². The van der Waals surface area contributed by atoms with Crippen LogP contribution in [0.15, 0.2) is 51.8 Å². The fourth-order valence-electron chi connectivity index (χ4n) is 5.76. The summed E-state index contributed by atoms with van der Waals surface area (Å²) in [4.78, 5) is 3.99. The highest BCUT2D eigenvalue weighted by Gasteiger charge is 2.34. The second kappa shape index (κ2) is 9.32. The topological polar surface area (TPSA) is 23.5 Å². The lowest BCUT2D eigenvalue weighted by atomic mass is 9.81. The Hall–Kier alpha value is -1.83. The third-order valence-electron chi connectivity index (χ3n) is 7.76. The van der Waals surface area contributed by atoms with Crippen molar-refractivity contribution in [2.45, 2.75) is 73.6 Å². The lowest BCUT2D eigenvalue weighted by Gasteiger charge is -2.40. The average molecular weight is 492 g/mol. The van der Waals surface area contributed by atoms with Crippen molar-refractivity contribution >= 4 is 17.3 Å². The predicted molar refractivity (Wildman–Crippen MR) is 126 cm³/mol. The third-order valence-corrected chi connectivity index (χ3v) is 8.90. The summed E-state index contributed by atoms with van der Waals surface area (Å²) in [7, 11) is 0. The lowest BCUT2D eigenvalue weighted by Crippen LogP contribution is -2.43. The fourth-order valence-corrected chi connectivity index (χ4v) is 6.85. The number of rotatable bonds is 2. The van der Waals surface area contributed by atoms with Crippen molar-refractivity contribution in [3.8, 4) is 0 Å². The molecule has 1 N–H and O–H groups in total. The van der Waals surface area contributed by atoms with Crippen LogP contribution >= 0.6 is 11.8 Å². The summed E-state index contributed by atoms with van der Waals surface area (Å²) in [5, 5.41) is 9.83. The molecular weight excluding hydrogens is 462 g/mol. The Morgan fingerprint density at radius 2 is 1.65 bits per heavy atom. The van der Waals surface area contributed by atoms with Gasteiger partial charge in [-0.2, -0.15) is 13.2 Å².